The van der Waals surface area contributed by atoms with Gasteiger partial charge in [-0.25, -0.2) is 4.57 Å². The molecular formula is C54H98NO8P. The van der Waals surface area contributed by atoms with Crippen LogP contribution in [0.4, 0.5) is 0 Å². The van der Waals surface area contributed by atoms with Crippen molar-refractivity contribution in [2.75, 3.05) is 26.4 Å². The number of carbonyl (C=O) groups is 2. The number of unbranched alkanes of at least 4 members (excludes halogenated alkanes) is 26. The third-order valence-corrected chi connectivity index (χ3v) is 12.2. The Morgan fingerprint density at radius 1 is 0.484 bits per heavy atom. The number of rotatable bonds is 49. The van der Waals surface area contributed by atoms with Gasteiger partial charge in [-0.15, -0.1) is 0 Å². The zero-order valence-corrected chi connectivity index (χ0v) is 42.2. The molecule has 0 aromatic rings. The maximum Gasteiger partial charge on any atom is 0.472 e. The minimum absolute atomic E-state index is 0.0485. The van der Waals surface area contributed by atoms with E-state index in [0.29, 0.717) is 6.42 Å². The van der Waals surface area contributed by atoms with Crippen LogP contribution in [0.1, 0.15) is 239 Å². The van der Waals surface area contributed by atoms with Crippen LogP contribution in [0.3, 0.4) is 0 Å². The SMILES string of the molecule is CC/C=C\C/C=C\C/C=C\C/C=C\C/C=C\CCCCCCCC(=O)OC(COC(=O)CCCCCCCCCCCCCCCCCCCCCCCC)COP(=O)(O)OCCN. The first-order valence-corrected chi connectivity index (χ1v) is 27.8. The number of nitrogens with two attached hydrogens (primary N) is 1. The molecule has 0 heterocycles. The first kappa shape index (κ1) is 61.7. The van der Waals surface area contributed by atoms with Crippen LogP contribution in [-0.4, -0.2) is 49.3 Å². The van der Waals surface area contributed by atoms with E-state index in [4.69, 9.17) is 24.3 Å². The van der Waals surface area contributed by atoms with E-state index in [9.17, 15) is 19.0 Å². The van der Waals surface area contributed by atoms with Gasteiger partial charge in [-0.2, -0.15) is 0 Å². The van der Waals surface area contributed by atoms with Crippen LogP contribution in [0.5, 0.6) is 0 Å². The van der Waals surface area contributed by atoms with Crippen molar-refractivity contribution in [2.45, 2.75) is 245 Å². The second kappa shape index (κ2) is 50.1. The highest BCUT2D eigenvalue weighted by Gasteiger charge is 2.26. The standard InChI is InChI=1S/C54H98NO8P/c1-3-5-7-9-11-13-15-17-19-21-23-25-27-28-30-32-34-36-38-40-42-44-46-53(56)60-50-52(51-62-64(58,59)61-49-48-55)63-54(57)47-45-43-41-39-37-35-33-31-29-26-24-22-20-18-16-14-12-10-8-6-4-2/h6,8,12,14,18,20,24,26,31,33,52H,3-5,7,9-11,13,15-17,19,21-23,25,27-30,32,34-51,55H2,1-2H3,(H,58,59)/b8-6-,14-12-,20-18-,26-24-,33-31-. The predicted octanol–water partition coefficient (Wildman–Crippen LogP) is 16.0. The van der Waals surface area contributed by atoms with Crippen molar-refractivity contribution in [2.24, 2.45) is 5.73 Å². The van der Waals surface area contributed by atoms with Gasteiger partial charge in [-0.3, -0.25) is 18.6 Å². The largest absolute Gasteiger partial charge is 0.472 e. The van der Waals surface area contributed by atoms with E-state index in [1.165, 1.54) is 122 Å². The summed E-state index contributed by atoms with van der Waals surface area (Å²) in [5.74, 6) is -0.843. The van der Waals surface area contributed by atoms with Crippen molar-refractivity contribution >= 4 is 19.8 Å². The van der Waals surface area contributed by atoms with Crippen molar-refractivity contribution in [3.8, 4) is 0 Å². The number of hydrogen-bond donors (Lipinski definition) is 2. The first-order chi connectivity index (χ1) is 31.3. The Bertz CT molecular complexity index is 1230. The molecule has 0 rings (SSSR count). The maximum absolute atomic E-state index is 12.7. The molecule has 2 atom stereocenters. The number of esters is 2. The Morgan fingerprint density at radius 2 is 0.859 bits per heavy atom. The number of ether oxygens (including phenoxy) is 2. The van der Waals surface area contributed by atoms with Gasteiger partial charge in [-0.05, 0) is 57.8 Å². The Hall–Kier alpha value is -2.29. The molecule has 2 unspecified atom stereocenters. The van der Waals surface area contributed by atoms with Crippen LogP contribution in [-0.2, 0) is 32.7 Å². The fourth-order valence-corrected chi connectivity index (χ4v) is 8.08. The molecule has 0 aliphatic carbocycles. The van der Waals surface area contributed by atoms with Gasteiger partial charge in [-0.1, -0.05) is 229 Å². The Balaban J connectivity index is 4.06. The zero-order valence-electron chi connectivity index (χ0n) is 41.3. The smallest absolute Gasteiger partial charge is 0.462 e. The molecule has 0 saturated heterocycles. The van der Waals surface area contributed by atoms with Crippen molar-refractivity contribution < 1.29 is 37.6 Å². The minimum Gasteiger partial charge on any atom is -0.462 e. The van der Waals surface area contributed by atoms with Gasteiger partial charge in [0.25, 0.3) is 0 Å². The molecule has 0 aromatic carbocycles. The summed E-state index contributed by atoms with van der Waals surface area (Å²) in [6, 6.07) is 0. The quantitative estimate of drug-likeness (QED) is 0.0265. The zero-order chi connectivity index (χ0) is 46.7. The third kappa shape index (κ3) is 49.2. The lowest BCUT2D eigenvalue weighted by atomic mass is 10.0. The Labute approximate surface area is 393 Å². The van der Waals surface area contributed by atoms with Crippen molar-refractivity contribution in [1.82, 2.24) is 0 Å². The van der Waals surface area contributed by atoms with E-state index in [2.05, 4.69) is 74.6 Å². The summed E-state index contributed by atoms with van der Waals surface area (Å²) in [5, 5.41) is 0. The Kier molecular flexibility index (Phi) is 48.3. The number of phosphoric acid groups is 1. The molecule has 0 spiro atoms. The fourth-order valence-electron chi connectivity index (χ4n) is 7.31. The average molecular weight is 920 g/mol. The Morgan fingerprint density at radius 3 is 1.28 bits per heavy atom. The molecule has 0 saturated carbocycles. The van der Waals surface area contributed by atoms with E-state index in [1.54, 1.807) is 0 Å². The molecule has 0 fully saturated rings. The monoisotopic (exact) mass is 920 g/mol. The molecule has 0 amide bonds. The number of hydrogen-bond acceptors (Lipinski definition) is 8. The van der Waals surface area contributed by atoms with Gasteiger partial charge in [0.15, 0.2) is 6.10 Å². The summed E-state index contributed by atoms with van der Waals surface area (Å²) in [7, 11) is -4.39. The fraction of sp³-hybridized carbons (Fsp3) is 0.778. The van der Waals surface area contributed by atoms with E-state index in [1.807, 2.05) is 0 Å². The molecule has 10 heteroatoms. The van der Waals surface area contributed by atoms with Crippen LogP contribution in [0.15, 0.2) is 60.8 Å². The third-order valence-electron chi connectivity index (χ3n) is 11.2. The summed E-state index contributed by atoms with van der Waals surface area (Å²) >= 11 is 0. The normalized spacial score (nSPS) is 13.6. The van der Waals surface area contributed by atoms with Crippen molar-refractivity contribution in [3.05, 3.63) is 60.8 Å². The predicted molar refractivity (Wildman–Crippen MR) is 270 cm³/mol. The minimum atomic E-state index is -4.39. The molecule has 9 nitrogen and oxygen atoms in total. The van der Waals surface area contributed by atoms with Gasteiger partial charge in [0.2, 0.25) is 0 Å². The van der Waals surface area contributed by atoms with Crippen LogP contribution in [0, 0.1) is 0 Å². The topological polar surface area (TPSA) is 134 Å². The molecule has 3 N–H and O–H groups in total. The van der Waals surface area contributed by atoms with E-state index in [-0.39, 0.29) is 38.6 Å². The second-order valence-corrected chi connectivity index (χ2v) is 18.8. The average Bonchev–Trinajstić information content (AvgIpc) is 3.28. The van der Waals surface area contributed by atoms with Crippen LogP contribution >= 0.6 is 7.82 Å². The molecule has 0 bridgehead atoms. The van der Waals surface area contributed by atoms with Gasteiger partial charge >= 0.3 is 19.8 Å². The van der Waals surface area contributed by atoms with Gasteiger partial charge < -0.3 is 20.1 Å². The molecule has 0 radical (unpaired) electrons. The highest BCUT2D eigenvalue weighted by molar-refractivity contribution is 7.47. The highest BCUT2D eigenvalue weighted by Crippen LogP contribution is 2.43. The van der Waals surface area contributed by atoms with E-state index < -0.39 is 26.5 Å². The van der Waals surface area contributed by atoms with Gasteiger partial charge in [0, 0.05) is 19.4 Å². The lowest BCUT2D eigenvalue weighted by Crippen LogP contribution is -2.29. The molecule has 0 aromatic heterocycles. The van der Waals surface area contributed by atoms with Crippen molar-refractivity contribution in [3.63, 3.8) is 0 Å². The summed E-state index contributed by atoms with van der Waals surface area (Å²) in [5.41, 5.74) is 5.37. The van der Waals surface area contributed by atoms with E-state index in [0.717, 1.165) is 83.5 Å². The molecule has 64 heavy (non-hydrogen) atoms. The maximum atomic E-state index is 12.7. The molecular weight excluding hydrogens is 822 g/mol. The number of allylic oxidation sites excluding steroid dienone is 10. The van der Waals surface area contributed by atoms with Gasteiger partial charge in [0.1, 0.15) is 6.61 Å². The molecule has 0 aliphatic heterocycles. The summed E-state index contributed by atoms with van der Waals surface area (Å²) < 4.78 is 32.9. The number of phosphoric ester groups is 1. The highest BCUT2D eigenvalue weighted by atomic mass is 31.2. The van der Waals surface area contributed by atoms with Crippen LogP contribution in [0.2, 0.25) is 0 Å². The lowest BCUT2D eigenvalue weighted by Gasteiger charge is -2.19. The van der Waals surface area contributed by atoms with Crippen LogP contribution < -0.4 is 5.73 Å². The van der Waals surface area contributed by atoms with E-state index >= 15 is 0 Å². The first-order valence-electron chi connectivity index (χ1n) is 26.3. The number of carbonyl (C=O) groups excluding carboxylic acids is 2. The van der Waals surface area contributed by atoms with Crippen molar-refractivity contribution in [1.29, 1.82) is 0 Å². The van der Waals surface area contributed by atoms with Gasteiger partial charge in [0.05, 0.1) is 13.2 Å². The molecule has 0 aliphatic rings. The summed E-state index contributed by atoms with van der Waals surface area (Å²) in [6.45, 7) is 3.63. The second-order valence-electron chi connectivity index (χ2n) is 17.4. The summed E-state index contributed by atoms with van der Waals surface area (Å²) in [4.78, 5) is 35.1. The lowest BCUT2D eigenvalue weighted by molar-refractivity contribution is -0.161. The summed E-state index contributed by atoms with van der Waals surface area (Å²) in [6.07, 6.45) is 61.2. The molecule has 372 valence electrons. The van der Waals surface area contributed by atoms with Crippen LogP contribution in [0.25, 0.3) is 0 Å².